The highest BCUT2D eigenvalue weighted by Gasteiger charge is 2.09. The number of aliphatic carboxylic acids is 1. The number of anilines is 1. The third kappa shape index (κ3) is 4.13. The fourth-order valence-electron chi connectivity index (χ4n) is 1.77. The molecule has 0 aromatic heterocycles. The van der Waals surface area contributed by atoms with Gasteiger partial charge >= 0.3 is 5.97 Å². The Balaban J connectivity index is 2.15. The molecule has 21 heavy (non-hydrogen) atoms. The van der Waals surface area contributed by atoms with Crippen LogP contribution in [0.1, 0.15) is 15.9 Å². The van der Waals surface area contributed by atoms with Crippen LogP contribution < -0.4 is 5.32 Å². The van der Waals surface area contributed by atoms with Gasteiger partial charge in [0.15, 0.2) is 0 Å². The predicted octanol–water partition coefficient (Wildman–Crippen LogP) is 3.47. The van der Waals surface area contributed by atoms with Gasteiger partial charge in [-0.05, 0) is 51.8 Å². The lowest BCUT2D eigenvalue weighted by atomic mass is 10.1. The van der Waals surface area contributed by atoms with Gasteiger partial charge in [-0.25, -0.2) is 4.39 Å². The van der Waals surface area contributed by atoms with E-state index in [-0.39, 0.29) is 16.5 Å². The molecule has 0 spiro atoms. The van der Waals surface area contributed by atoms with E-state index >= 15 is 0 Å². The highest BCUT2D eigenvalue weighted by atomic mass is 79.9. The fourth-order valence-corrected chi connectivity index (χ4v) is 2.02. The lowest BCUT2D eigenvalue weighted by Gasteiger charge is -2.07. The van der Waals surface area contributed by atoms with Gasteiger partial charge in [-0.3, -0.25) is 9.59 Å². The van der Waals surface area contributed by atoms with Gasteiger partial charge in [0.25, 0.3) is 5.91 Å². The van der Waals surface area contributed by atoms with Crippen molar-refractivity contribution in [2.75, 3.05) is 5.32 Å². The number of amides is 1. The normalized spacial score (nSPS) is 10.2. The standard InChI is InChI=1S/C15H11BrFNO3/c16-12-5-4-10(8-13(12)17)15(21)18-11-3-1-2-9(6-11)7-14(19)20/h1-6,8H,7H2,(H,18,21)(H,19,20). The Kier molecular flexibility index (Phi) is 4.70. The van der Waals surface area contributed by atoms with E-state index in [1.807, 2.05) is 0 Å². The van der Waals surface area contributed by atoms with E-state index in [0.29, 0.717) is 11.3 Å². The SMILES string of the molecule is O=C(O)Cc1cccc(NC(=O)c2ccc(Br)c(F)c2)c1. The minimum atomic E-state index is -0.951. The van der Waals surface area contributed by atoms with Gasteiger partial charge in [0, 0.05) is 11.3 Å². The van der Waals surface area contributed by atoms with Crippen molar-refractivity contribution in [3.05, 3.63) is 63.9 Å². The molecule has 0 radical (unpaired) electrons. The van der Waals surface area contributed by atoms with E-state index in [1.165, 1.54) is 12.1 Å². The van der Waals surface area contributed by atoms with Gasteiger partial charge < -0.3 is 10.4 Å². The number of nitrogens with one attached hydrogen (secondary N) is 1. The molecule has 2 aromatic rings. The molecule has 108 valence electrons. The first-order valence-corrected chi connectivity index (χ1v) is 6.82. The van der Waals surface area contributed by atoms with Crippen molar-refractivity contribution in [1.82, 2.24) is 0 Å². The Morgan fingerprint density at radius 3 is 2.62 bits per heavy atom. The van der Waals surface area contributed by atoms with Crippen LogP contribution in [0.15, 0.2) is 46.9 Å². The van der Waals surface area contributed by atoms with Crippen molar-refractivity contribution in [3.63, 3.8) is 0 Å². The number of carbonyl (C=O) groups is 2. The van der Waals surface area contributed by atoms with Gasteiger partial charge in [0.2, 0.25) is 0 Å². The molecular weight excluding hydrogens is 341 g/mol. The summed E-state index contributed by atoms with van der Waals surface area (Å²) in [5.41, 5.74) is 1.21. The number of carbonyl (C=O) groups excluding carboxylic acids is 1. The van der Waals surface area contributed by atoms with Crippen LogP contribution in [-0.2, 0) is 11.2 Å². The summed E-state index contributed by atoms with van der Waals surface area (Å²) < 4.78 is 13.7. The monoisotopic (exact) mass is 351 g/mol. The van der Waals surface area contributed by atoms with Crippen LogP contribution in [0.4, 0.5) is 10.1 Å². The number of hydrogen-bond acceptors (Lipinski definition) is 2. The quantitative estimate of drug-likeness (QED) is 0.886. The van der Waals surface area contributed by atoms with Gasteiger partial charge in [0.05, 0.1) is 10.9 Å². The van der Waals surface area contributed by atoms with Crippen LogP contribution in [0, 0.1) is 5.82 Å². The maximum Gasteiger partial charge on any atom is 0.307 e. The first-order chi connectivity index (χ1) is 9.95. The zero-order valence-electron chi connectivity index (χ0n) is 10.8. The number of benzene rings is 2. The van der Waals surface area contributed by atoms with Crippen LogP contribution >= 0.6 is 15.9 Å². The van der Waals surface area contributed by atoms with E-state index in [9.17, 15) is 14.0 Å². The largest absolute Gasteiger partial charge is 0.481 e. The first kappa shape index (κ1) is 15.2. The van der Waals surface area contributed by atoms with Crippen LogP contribution in [0.3, 0.4) is 0 Å². The first-order valence-electron chi connectivity index (χ1n) is 6.03. The zero-order chi connectivity index (χ0) is 15.4. The third-order valence-corrected chi connectivity index (χ3v) is 3.37. The van der Waals surface area contributed by atoms with Crippen LogP contribution in [0.25, 0.3) is 0 Å². The van der Waals surface area contributed by atoms with E-state index in [4.69, 9.17) is 5.11 Å². The summed E-state index contributed by atoms with van der Waals surface area (Å²) in [6.07, 6.45) is -0.128. The number of halogens is 2. The van der Waals surface area contributed by atoms with E-state index < -0.39 is 17.7 Å². The summed E-state index contributed by atoms with van der Waals surface area (Å²) in [6.45, 7) is 0. The summed E-state index contributed by atoms with van der Waals surface area (Å²) in [5.74, 6) is -1.94. The lowest BCUT2D eigenvalue weighted by molar-refractivity contribution is -0.136. The molecule has 2 aromatic carbocycles. The third-order valence-electron chi connectivity index (χ3n) is 2.72. The smallest absolute Gasteiger partial charge is 0.307 e. The van der Waals surface area contributed by atoms with Crippen molar-refractivity contribution in [1.29, 1.82) is 0 Å². The second-order valence-corrected chi connectivity index (χ2v) is 5.21. The fraction of sp³-hybridized carbons (Fsp3) is 0.0667. The topological polar surface area (TPSA) is 66.4 Å². The van der Waals surface area contributed by atoms with E-state index in [1.54, 1.807) is 24.3 Å². The minimum absolute atomic E-state index is 0.128. The minimum Gasteiger partial charge on any atom is -0.481 e. The average molecular weight is 352 g/mol. The second-order valence-electron chi connectivity index (χ2n) is 4.35. The van der Waals surface area contributed by atoms with Crippen molar-refractivity contribution in [3.8, 4) is 0 Å². The van der Waals surface area contributed by atoms with Crippen LogP contribution in [0.5, 0.6) is 0 Å². The number of rotatable bonds is 4. The average Bonchev–Trinajstić information content (AvgIpc) is 2.41. The molecule has 4 nitrogen and oxygen atoms in total. The van der Waals surface area contributed by atoms with Crippen molar-refractivity contribution in [2.24, 2.45) is 0 Å². The molecule has 0 atom stereocenters. The number of carboxylic acids is 1. The van der Waals surface area contributed by atoms with E-state index in [2.05, 4.69) is 21.2 Å². The molecule has 0 saturated heterocycles. The Labute approximate surface area is 128 Å². The summed E-state index contributed by atoms with van der Waals surface area (Å²) >= 11 is 3.02. The highest BCUT2D eigenvalue weighted by molar-refractivity contribution is 9.10. The van der Waals surface area contributed by atoms with E-state index in [0.717, 1.165) is 6.07 Å². The second kappa shape index (κ2) is 6.49. The number of hydrogen-bond donors (Lipinski definition) is 2. The summed E-state index contributed by atoms with van der Waals surface area (Å²) in [5, 5.41) is 11.3. The highest BCUT2D eigenvalue weighted by Crippen LogP contribution is 2.18. The Bertz CT molecular complexity index is 703. The zero-order valence-corrected chi connectivity index (χ0v) is 12.4. The molecule has 6 heteroatoms. The maximum atomic E-state index is 13.4. The van der Waals surface area contributed by atoms with Crippen molar-refractivity contribution >= 4 is 33.5 Å². The Morgan fingerprint density at radius 1 is 1.19 bits per heavy atom. The molecule has 0 aliphatic heterocycles. The summed E-state index contributed by atoms with van der Waals surface area (Å²) in [4.78, 5) is 22.7. The van der Waals surface area contributed by atoms with Gasteiger partial charge in [-0.1, -0.05) is 12.1 Å². The molecule has 0 heterocycles. The van der Waals surface area contributed by atoms with Crippen molar-refractivity contribution < 1.29 is 19.1 Å². The molecule has 1 amide bonds. The molecule has 2 rings (SSSR count). The van der Waals surface area contributed by atoms with Gasteiger partial charge in [-0.2, -0.15) is 0 Å². The molecule has 0 bridgehead atoms. The molecule has 0 aliphatic rings. The lowest BCUT2D eigenvalue weighted by Crippen LogP contribution is -2.12. The predicted molar refractivity (Wildman–Crippen MR) is 79.8 cm³/mol. The molecule has 0 aliphatic carbocycles. The molecular formula is C15H11BrFNO3. The molecule has 2 N–H and O–H groups in total. The maximum absolute atomic E-state index is 13.4. The van der Waals surface area contributed by atoms with Crippen LogP contribution in [-0.4, -0.2) is 17.0 Å². The van der Waals surface area contributed by atoms with Crippen LogP contribution in [0.2, 0.25) is 0 Å². The molecule has 0 saturated carbocycles. The number of carboxylic acid groups (broad SMARTS) is 1. The Morgan fingerprint density at radius 2 is 1.95 bits per heavy atom. The summed E-state index contributed by atoms with van der Waals surface area (Å²) in [6, 6.07) is 10.6. The summed E-state index contributed by atoms with van der Waals surface area (Å²) in [7, 11) is 0. The molecule has 0 unspecified atom stereocenters. The Hall–Kier alpha value is -2.21. The van der Waals surface area contributed by atoms with Gasteiger partial charge in [0.1, 0.15) is 5.82 Å². The van der Waals surface area contributed by atoms with Crippen molar-refractivity contribution in [2.45, 2.75) is 6.42 Å². The van der Waals surface area contributed by atoms with Gasteiger partial charge in [-0.15, -0.1) is 0 Å². The molecule has 0 fully saturated rings.